The molecule has 2 atom stereocenters. The van der Waals surface area contributed by atoms with Gasteiger partial charge in [0.1, 0.15) is 0 Å². The summed E-state index contributed by atoms with van der Waals surface area (Å²) in [6, 6.07) is 0.101. The SMILES string of the molecule is O=C(O)[C@@H]1CC[C@H](N2CCCNC2=O)C1. The number of nitrogens with zero attached hydrogens (tertiary/aromatic N) is 1. The average Bonchev–Trinajstić information content (AvgIpc) is 2.67. The Bertz CT molecular complexity index is 280. The van der Waals surface area contributed by atoms with Gasteiger partial charge in [-0.2, -0.15) is 0 Å². The molecule has 0 aromatic rings. The molecule has 1 aliphatic carbocycles. The number of nitrogens with one attached hydrogen (secondary N) is 1. The lowest BCUT2D eigenvalue weighted by molar-refractivity contribution is -0.141. The van der Waals surface area contributed by atoms with Crippen molar-refractivity contribution in [3.05, 3.63) is 0 Å². The Morgan fingerprint density at radius 3 is 2.87 bits per heavy atom. The minimum atomic E-state index is -0.727. The van der Waals surface area contributed by atoms with Crippen LogP contribution in [0.25, 0.3) is 0 Å². The van der Waals surface area contributed by atoms with Crippen molar-refractivity contribution < 1.29 is 14.7 Å². The van der Waals surface area contributed by atoms with Crippen molar-refractivity contribution in [2.24, 2.45) is 5.92 Å². The Balaban J connectivity index is 1.94. The fraction of sp³-hybridized carbons (Fsp3) is 0.800. The van der Waals surface area contributed by atoms with E-state index in [4.69, 9.17) is 5.11 Å². The third kappa shape index (κ3) is 2.06. The van der Waals surface area contributed by atoms with Crippen molar-refractivity contribution in [3.8, 4) is 0 Å². The van der Waals surface area contributed by atoms with E-state index in [9.17, 15) is 9.59 Å². The van der Waals surface area contributed by atoms with E-state index < -0.39 is 5.97 Å². The van der Waals surface area contributed by atoms with Crippen molar-refractivity contribution in [2.75, 3.05) is 13.1 Å². The molecule has 2 N–H and O–H groups in total. The molecule has 2 rings (SSSR count). The van der Waals surface area contributed by atoms with Crippen molar-refractivity contribution in [2.45, 2.75) is 31.7 Å². The van der Waals surface area contributed by atoms with Crippen LogP contribution in [0.4, 0.5) is 4.79 Å². The van der Waals surface area contributed by atoms with E-state index in [1.165, 1.54) is 0 Å². The lowest BCUT2D eigenvalue weighted by atomic mass is 10.1. The molecule has 5 heteroatoms. The number of amides is 2. The van der Waals surface area contributed by atoms with Gasteiger partial charge in [-0.1, -0.05) is 0 Å². The minimum Gasteiger partial charge on any atom is -0.481 e. The van der Waals surface area contributed by atoms with Gasteiger partial charge in [0.25, 0.3) is 0 Å². The largest absolute Gasteiger partial charge is 0.481 e. The molecular formula is C10H16N2O3. The highest BCUT2D eigenvalue weighted by atomic mass is 16.4. The van der Waals surface area contributed by atoms with Crippen molar-refractivity contribution in [1.29, 1.82) is 0 Å². The molecule has 0 radical (unpaired) electrons. The molecule has 2 amide bonds. The molecule has 2 fully saturated rings. The maximum Gasteiger partial charge on any atom is 0.317 e. The molecular weight excluding hydrogens is 196 g/mol. The molecule has 84 valence electrons. The number of carbonyl (C=O) groups excluding carboxylic acids is 1. The first-order valence-electron chi connectivity index (χ1n) is 5.46. The second-order valence-corrected chi connectivity index (χ2v) is 4.28. The number of carbonyl (C=O) groups is 2. The molecule has 0 aromatic heterocycles. The molecule has 0 unspecified atom stereocenters. The van der Waals surface area contributed by atoms with Gasteiger partial charge in [0.2, 0.25) is 0 Å². The van der Waals surface area contributed by atoms with Crippen molar-refractivity contribution >= 4 is 12.0 Å². The summed E-state index contributed by atoms with van der Waals surface area (Å²) in [7, 11) is 0. The fourth-order valence-electron chi connectivity index (χ4n) is 2.46. The number of urea groups is 1. The molecule has 1 aliphatic heterocycles. The zero-order valence-electron chi connectivity index (χ0n) is 8.61. The van der Waals surface area contributed by atoms with Crippen LogP contribution in [0.15, 0.2) is 0 Å². The van der Waals surface area contributed by atoms with Gasteiger partial charge in [-0.15, -0.1) is 0 Å². The quantitative estimate of drug-likeness (QED) is 0.706. The first kappa shape index (κ1) is 10.3. The van der Waals surface area contributed by atoms with Crippen LogP contribution in [0.2, 0.25) is 0 Å². The highest BCUT2D eigenvalue weighted by molar-refractivity contribution is 5.76. The molecule has 1 saturated heterocycles. The van der Waals surface area contributed by atoms with E-state index in [2.05, 4.69) is 5.32 Å². The van der Waals surface area contributed by atoms with Gasteiger partial charge in [-0.05, 0) is 25.7 Å². The molecule has 1 heterocycles. The van der Waals surface area contributed by atoms with E-state index in [1.807, 2.05) is 0 Å². The second-order valence-electron chi connectivity index (χ2n) is 4.28. The van der Waals surface area contributed by atoms with E-state index in [0.717, 1.165) is 25.9 Å². The van der Waals surface area contributed by atoms with Crippen LogP contribution in [0.5, 0.6) is 0 Å². The molecule has 2 aliphatic rings. The molecule has 1 saturated carbocycles. The fourth-order valence-corrected chi connectivity index (χ4v) is 2.46. The van der Waals surface area contributed by atoms with Gasteiger partial charge < -0.3 is 15.3 Å². The first-order valence-corrected chi connectivity index (χ1v) is 5.46. The summed E-state index contributed by atoms with van der Waals surface area (Å²) in [5.74, 6) is -0.986. The summed E-state index contributed by atoms with van der Waals surface area (Å²) in [5, 5.41) is 11.7. The number of carboxylic acids is 1. The number of carboxylic acid groups (broad SMARTS) is 1. The Morgan fingerprint density at radius 1 is 1.47 bits per heavy atom. The highest BCUT2D eigenvalue weighted by Gasteiger charge is 2.35. The predicted molar refractivity (Wildman–Crippen MR) is 53.5 cm³/mol. The topological polar surface area (TPSA) is 69.6 Å². The Morgan fingerprint density at radius 2 is 2.27 bits per heavy atom. The lowest BCUT2D eigenvalue weighted by Crippen LogP contribution is -2.50. The van der Waals surface area contributed by atoms with E-state index >= 15 is 0 Å². The van der Waals surface area contributed by atoms with Gasteiger partial charge in [-0.25, -0.2) is 4.79 Å². The normalized spacial score (nSPS) is 31.5. The molecule has 0 bridgehead atoms. The van der Waals surface area contributed by atoms with E-state index in [-0.39, 0.29) is 18.0 Å². The molecule has 0 aromatic carbocycles. The Hall–Kier alpha value is -1.26. The summed E-state index contributed by atoms with van der Waals surface area (Å²) in [6.07, 6.45) is 3.09. The average molecular weight is 212 g/mol. The van der Waals surface area contributed by atoms with Crippen LogP contribution in [0.1, 0.15) is 25.7 Å². The smallest absolute Gasteiger partial charge is 0.317 e. The van der Waals surface area contributed by atoms with E-state index in [0.29, 0.717) is 12.8 Å². The maximum atomic E-state index is 11.5. The zero-order valence-corrected chi connectivity index (χ0v) is 8.61. The minimum absolute atomic E-state index is 0.0303. The zero-order chi connectivity index (χ0) is 10.8. The van der Waals surface area contributed by atoms with Crippen LogP contribution in [0.3, 0.4) is 0 Å². The number of hydrogen-bond acceptors (Lipinski definition) is 2. The monoisotopic (exact) mass is 212 g/mol. The highest BCUT2D eigenvalue weighted by Crippen LogP contribution is 2.30. The van der Waals surface area contributed by atoms with Crippen molar-refractivity contribution in [3.63, 3.8) is 0 Å². The summed E-state index contributed by atoms with van der Waals surface area (Å²) >= 11 is 0. The molecule has 15 heavy (non-hydrogen) atoms. The number of hydrogen-bond donors (Lipinski definition) is 2. The summed E-state index contributed by atoms with van der Waals surface area (Å²) in [4.78, 5) is 24.1. The third-order valence-corrected chi connectivity index (χ3v) is 3.31. The third-order valence-electron chi connectivity index (χ3n) is 3.31. The van der Waals surface area contributed by atoms with Gasteiger partial charge in [0, 0.05) is 19.1 Å². The first-order chi connectivity index (χ1) is 7.18. The summed E-state index contributed by atoms with van der Waals surface area (Å²) in [6.45, 7) is 1.51. The number of rotatable bonds is 2. The standard InChI is InChI=1S/C10H16N2O3/c13-9(14)7-2-3-8(6-7)12-5-1-4-11-10(12)15/h7-8H,1-6H2,(H,11,15)(H,13,14)/t7-,8+/m1/s1. The van der Waals surface area contributed by atoms with Crippen LogP contribution < -0.4 is 5.32 Å². The molecule has 0 spiro atoms. The predicted octanol–water partition coefficient (Wildman–Crippen LogP) is 0.655. The summed E-state index contributed by atoms with van der Waals surface area (Å²) < 4.78 is 0. The van der Waals surface area contributed by atoms with Gasteiger partial charge in [0.15, 0.2) is 0 Å². The molecule has 5 nitrogen and oxygen atoms in total. The lowest BCUT2D eigenvalue weighted by Gasteiger charge is -2.32. The summed E-state index contributed by atoms with van der Waals surface area (Å²) in [5.41, 5.74) is 0. The van der Waals surface area contributed by atoms with Crippen LogP contribution >= 0.6 is 0 Å². The Labute approximate surface area is 88.4 Å². The maximum absolute atomic E-state index is 11.5. The van der Waals surface area contributed by atoms with Crippen LogP contribution in [-0.4, -0.2) is 41.1 Å². The van der Waals surface area contributed by atoms with Gasteiger partial charge >= 0.3 is 12.0 Å². The Kier molecular flexibility index (Phi) is 2.79. The number of aliphatic carboxylic acids is 1. The second kappa shape index (κ2) is 4.08. The van der Waals surface area contributed by atoms with E-state index in [1.54, 1.807) is 4.90 Å². The van der Waals surface area contributed by atoms with Crippen molar-refractivity contribution in [1.82, 2.24) is 10.2 Å². The van der Waals surface area contributed by atoms with Gasteiger partial charge in [0.05, 0.1) is 5.92 Å². The van der Waals surface area contributed by atoms with Crippen LogP contribution in [-0.2, 0) is 4.79 Å². The van der Waals surface area contributed by atoms with Gasteiger partial charge in [-0.3, -0.25) is 4.79 Å². The van der Waals surface area contributed by atoms with Crippen LogP contribution in [0, 0.1) is 5.92 Å².